The Hall–Kier alpha value is -3.07. The Morgan fingerprint density at radius 3 is 2.57 bits per heavy atom. The second-order valence-electron chi connectivity index (χ2n) is 7.49. The van der Waals surface area contributed by atoms with E-state index in [-0.39, 0.29) is 30.5 Å². The van der Waals surface area contributed by atoms with Crippen LogP contribution >= 0.6 is 0 Å². The number of pyridine rings is 1. The molecule has 1 unspecified atom stereocenters. The maximum Gasteiger partial charge on any atom is 0.243 e. The summed E-state index contributed by atoms with van der Waals surface area (Å²) in [5.41, 5.74) is 6.57. The van der Waals surface area contributed by atoms with Gasteiger partial charge in [0.2, 0.25) is 11.8 Å². The van der Waals surface area contributed by atoms with Gasteiger partial charge in [-0.25, -0.2) is 13.8 Å². The number of aromatic nitrogens is 1. The summed E-state index contributed by atoms with van der Waals surface area (Å²) in [5, 5.41) is 5.49. The van der Waals surface area contributed by atoms with Gasteiger partial charge in [0.1, 0.15) is 23.5 Å². The van der Waals surface area contributed by atoms with Crippen LogP contribution in [-0.4, -0.2) is 47.4 Å². The summed E-state index contributed by atoms with van der Waals surface area (Å²) in [4.78, 5) is 31.4. The van der Waals surface area contributed by atoms with Crippen LogP contribution in [0.25, 0.3) is 0 Å². The molecule has 160 valence electrons. The number of carbonyl (C=O) groups excluding carboxylic acids is 2. The van der Waals surface area contributed by atoms with Crippen molar-refractivity contribution in [2.75, 3.05) is 19.3 Å². The lowest BCUT2D eigenvalue weighted by Gasteiger charge is -2.24. The molecular formula is C21H25F2N5O2. The van der Waals surface area contributed by atoms with Gasteiger partial charge in [0, 0.05) is 25.2 Å². The highest BCUT2D eigenvalue weighted by Gasteiger charge is 2.31. The molecule has 1 aliphatic heterocycles. The molecule has 0 bridgehead atoms. The first kappa shape index (κ1) is 21.6. The lowest BCUT2D eigenvalue weighted by Crippen LogP contribution is -2.52. The number of carbonyl (C=O) groups is 2. The van der Waals surface area contributed by atoms with Crippen molar-refractivity contribution in [2.24, 2.45) is 0 Å². The first-order valence-electron chi connectivity index (χ1n) is 9.75. The van der Waals surface area contributed by atoms with Gasteiger partial charge >= 0.3 is 0 Å². The lowest BCUT2D eigenvalue weighted by atomic mass is 10.0. The molecule has 0 spiro atoms. The smallest absolute Gasteiger partial charge is 0.243 e. The van der Waals surface area contributed by atoms with Crippen LogP contribution in [0.1, 0.15) is 24.0 Å². The van der Waals surface area contributed by atoms with Gasteiger partial charge < -0.3 is 16.4 Å². The van der Waals surface area contributed by atoms with E-state index in [1.54, 1.807) is 18.3 Å². The topological polar surface area (TPSA) is 100 Å². The van der Waals surface area contributed by atoms with Crippen LogP contribution in [-0.2, 0) is 22.6 Å². The number of nitrogens with one attached hydrogen (secondary N) is 2. The summed E-state index contributed by atoms with van der Waals surface area (Å²) in [5.74, 6) is -1.84. The van der Waals surface area contributed by atoms with E-state index in [4.69, 9.17) is 5.73 Å². The van der Waals surface area contributed by atoms with Crippen LogP contribution in [0, 0.1) is 11.6 Å². The average molecular weight is 417 g/mol. The van der Waals surface area contributed by atoms with Gasteiger partial charge in [0.15, 0.2) is 0 Å². The number of nitrogen functional groups attached to an aromatic ring is 1. The van der Waals surface area contributed by atoms with E-state index in [1.807, 2.05) is 11.9 Å². The number of benzene rings is 1. The van der Waals surface area contributed by atoms with Crippen molar-refractivity contribution in [3.63, 3.8) is 0 Å². The van der Waals surface area contributed by atoms with Crippen molar-refractivity contribution in [3.05, 3.63) is 59.3 Å². The first-order chi connectivity index (χ1) is 14.3. The van der Waals surface area contributed by atoms with E-state index < -0.39 is 23.6 Å². The monoisotopic (exact) mass is 417 g/mol. The highest BCUT2D eigenvalue weighted by Crippen LogP contribution is 2.16. The van der Waals surface area contributed by atoms with Gasteiger partial charge in [-0.05, 0) is 55.8 Å². The number of hydrogen-bond donors (Lipinski definition) is 3. The van der Waals surface area contributed by atoms with Crippen LogP contribution in [0.2, 0.25) is 0 Å². The molecule has 9 heteroatoms. The molecule has 1 aliphatic rings. The quantitative estimate of drug-likeness (QED) is 0.632. The fourth-order valence-corrected chi connectivity index (χ4v) is 3.54. The van der Waals surface area contributed by atoms with Gasteiger partial charge in [0.05, 0.1) is 6.04 Å². The van der Waals surface area contributed by atoms with Crippen molar-refractivity contribution in [1.82, 2.24) is 20.5 Å². The van der Waals surface area contributed by atoms with Crippen LogP contribution < -0.4 is 16.4 Å². The molecule has 0 radical (unpaired) electrons. The number of likely N-dealkylation sites (N-methyl/N-ethyl adjacent to an activating group) is 1. The molecule has 2 heterocycles. The second-order valence-corrected chi connectivity index (χ2v) is 7.49. The second kappa shape index (κ2) is 9.62. The number of likely N-dealkylation sites (tertiary alicyclic amines) is 1. The van der Waals surface area contributed by atoms with Gasteiger partial charge in [-0.15, -0.1) is 0 Å². The van der Waals surface area contributed by atoms with Crippen molar-refractivity contribution < 1.29 is 18.4 Å². The molecule has 2 aromatic rings. The first-order valence-corrected chi connectivity index (χ1v) is 9.75. The van der Waals surface area contributed by atoms with E-state index in [2.05, 4.69) is 15.6 Å². The molecule has 7 nitrogen and oxygen atoms in total. The van der Waals surface area contributed by atoms with Crippen LogP contribution in [0.4, 0.5) is 14.6 Å². The number of nitrogens with two attached hydrogens (primary N) is 1. The fourth-order valence-electron chi connectivity index (χ4n) is 3.54. The van der Waals surface area contributed by atoms with Gasteiger partial charge in [0.25, 0.3) is 0 Å². The number of anilines is 1. The van der Waals surface area contributed by atoms with Crippen molar-refractivity contribution in [2.45, 2.75) is 37.9 Å². The molecule has 4 N–H and O–H groups in total. The third-order valence-electron chi connectivity index (χ3n) is 5.13. The summed E-state index contributed by atoms with van der Waals surface area (Å²) >= 11 is 0. The molecule has 2 amide bonds. The number of rotatable bonds is 7. The largest absolute Gasteiger partial charge is 0.384 e. The Kier molecular flexibility index (Phi) is 6.94. The number of nitrogens with zero attached hydrogens (tertiary/aromatic N) is 2. The molecule has 30 heavy (non-hydrogen) atoms. The van der Waals surface area contributed by atoms with E-state index in [0.29, 0.717) is 12.2 Å². The summed E-state index contributed by atoms with van der Waals surface area (Å²) in [6, 6.07) is 5.11. The molecule has 1 saturated heterocycles. The highest BCUT2D eigenvalue weighted by atomic mass is 19.1. The van der Waals surface area contributed by atoms with Crippen molar-refractivity contribution >= 4 is 17.6 Å². The third-order valence-corrected chi connectivity index (χ3v) is 5.13. The van der Waals surface area contributed by atoms with E-state index in [0.717, 1.165) is 36.7 Å². The minimum absolute atomic E-state index is 0.0390. The number of amides is 2. The molecule has 0 saturated carbocycles. The number of hydrogen-bond acceptors (Lipinski definition) is 5. The fraction of sp³-hybridized carbons (Fsp3) is 0.381. The molecule has 1 fully saturated rings. The zero-order valence-electron chi connectivity index (χ0n) is 16.7. The van der Waals surface area contributed by atoms with Crippen LogP contribution in [0.5, 0.6) is 0 Å². The maximum absolute atomic E-state index is 13.6. The minimum atomic E-state index is -0.977. The summed E-state index contributed by atoms with van der Waals surface area (Å²) < 4.78 is 27.2. The van der Waals surface area contributed by atoms with Crippen molar-refractivity contribution in [3.8, 4) is 0 Å². The Bertz CT molecular complexity index is 887. The van der Waals surface area contributed by atoms with Crippen LogP contribution in [0.15, 0.2) is 36.5 Å². The molecule has 1 aromatic carbocycles. The predicted octanol–water partition coefficient (Wildman–Crippen LogP) is 1.38. The Labute approximate surface area is 173 Å². The average Bonchev–Trinajstić information content (AvgIpc) is 3.12. The Morgan fingerprint density at radius 1 is 1.23 bits per heavy atom. The highest BCUT2D eigenvalue weighted by molar-refractivity contribution is 5.90. The number of halogens is 2. The van der Waals surface area contributed by atoms with Gasteiger partial charge in [-0.2, -0.15) is 0 Å². The lowest BCUT2D eigenvalue weighted by molar-refractivity contribution is -0.131. The van der Waals surface area contributed by atoms with Crippen molar-refractivity contribution in [1.29, 1.82) is 0 Å². The normalized spacial score (nSPS) is 17.5. The Balaban J connectivity index is 1.72. The van der Waals surface area contributed by atoms with Gasteiger partial charge in [-0.1, -0.05) is 6.07 Å². The standard InChI is InChI=1S/C21H25F2N5O2/c1-28-6-2-3-18(28)21(30)27-17(9-14-7-15(22)10-16(23)8-14)20(29)26-12-13-4-5-19(24)25-11-13/h4-5,7-8,10-11,17-18H,2-3,6,9,12H2,1H3,(H2,24,25)(H,26,29)(H,27,30)/t17-,18?/m0/s1. The van der Waals surface area contributed by atoms with E-state index in [1.165, 1.54) is 0 Å². The molecule has 3 rings (SSSR count). The molecule has 1 aromatic heterocycles. The van der Waals surface area contributed by atoms with E-state index >= 15 is 0 Å². The maximum atomic E-state index is 13.6. The summed E-state index contributed by atoms with van der Waals surface area (Å²) in [7, 11) is 1.85. The van der Waals surface area contributed by atoms with Crippen LogP contribution in [0.3, 0.4) is 0 Å². The summed E-state index contributed by atoms with van der Waals surface area (Å²) in [6.45, 7) is 0.980. The molecule has 0 aliphatic carbocycles. The zero-order chi connectivity index (χ0) is 21.7. The molecular weight excluding hydrogens is 392 g/mol. The molecule has 2 atom stereocenters. The summed E-state index contributed by atoms with van der Waals surface area (Å²) in [6.07, 6.45) is 3.09. The van der Waals surface area contributed by atoms with Gasteiger partial charge in [-0.3, -0.25) is 14.5 Å². The predicted molar refractivity (Wildman–Crippen MR) is 108 cm³/mol. The SMILES string of the molecule is CN1CCCC1C(=O)N[C@@H](Cc1cc(F)cc(F)c1)C(=O)NCc1ccc(N)nc1. The van der Waals surface area contributed by atoms with E-state index in [9.17, 15) is 18.4 Å². The third kappa shape index (κ3) is 5.73. The minimum Gasteiger partial charge on any atom is -0.384 e. The Morgan fingerprint density at radius 2 is 1.97 bits per heavy atom. The zero-order valence-corrected chi connectivity index (χ0v) is 16.7.